The van der Waals surface area contributed by atoms with Gasteiger partial charge in [0.2, 0.25) is 0 Å². The molecule has 0 radical (unpaired) electrons. The van der Waals surface area contributed by atoms with Gasteiger partial charge in [0.25, 0.3) is 0 Å². The molecular weight excluding hydrogens is 302 g/mol. The third-order valence-electron chi connectivity index (χ3n) is 2.76. The second-order valence-electron chi connectivity index (χ2n) is 3.99. The SMILES string of the molecule is CCN(c1ccc(F)cc1)c1nc(NN)c(Cl)cc1Cl. The van der Waals surface area contributed by atoms with Crippen LogP contribution in [0.5, 0.6) is 0 Å². The van der Waals surface area contributed by atoms with E-state index >= 15 is 0 Å². The maximum Gasteiger partial charge on any atom is 0.161 e. The van der Waals surface area contributed by atoms with E-state index < -0.39 is 0 Å². The van der Waals surface area contributed by atoms with Gasteiger partial charge in [-0.25, -0.2) is 15.2 Å². The summed E-state index contributed by atoms with van der Waals surface area (Å²) in [4.78, 5) is 6.12. The average molecular weight is 315 g/mol. The molecule has 0 saturated heterocycles. The Hall–Kier alpha value is -1.56. The monoisotopic (exact) mass is 314 g/mol. The van der Waals surface area contributed by atoms with Gasteiger partial charge >= 0.3 is 0 Å². The standard InChI is InChI=1S/C13H13Cl2FN4/c1-2-20(9-5-3-8(16)4-6-9)13-11(15)7-10(14)12(18-13)19-17/h3-7H,2,17H2,1H3,(H,18,19). The molecule has 4 nitrogen and oxygen atoms in total. The summed E-state index contributed by atoms with van der Waals surface area (Å²) in [7, 11) is 0. The van der Waals surface area contributed by atoms with Gasteiger partial charge in [0.05, 0.1) is 10.0 Å². The van der Waals surface area contributed by atoms with Crippen molar-refractivity contribution in [1.82, 2.24) is 4.98 Å². The first kappa shape index (κ1) is 14.8. The van der Waals surface area contributed by atoms with Crippen LogP contribution in [0.25, 0.3) is 0 Å². The van der Waals surface area contributed by atoms with Crippen LogP contribution in [0.1, 0.15) is 6.92 Å². The van der Waals surface area contributed by atoms with E-state index in [1.54, 1.807) is 18.2 Å². The molecule has 0 saturated carbocycles. The minimum absolute atomic E-state index is 0.302. The van der Waals surface area contributed by atoms with Crippen molar-refractivity contribution in [1.29, 1.82) is 0 Å². The van der Waals surface area contributed by atoms with Crippen molar-refractivity contribution >= 4 is 40.5 Å². The number of nitrogens with zero attached hydrogens (tertiary/aromatic N) is 2. The molecule has 20 heavy (non-hydrogen) atoms. The van der Waals surface area contributed by atoms with Crippen LogP contribution in [-0.4, -0.2) is 11.5 Å². The third kappa shape index (κ3) is 2.95. The molecule has 1 heterocycles. The number of aromatic nitrogens is 1. The molecule has 0 aliphatic heterocycles. The Morgan fingerprint density at radius 2 is 1.90 bits per heavy atom. The summed E-state index contributed by atoms with van der Waals surface area (Å²) in [6, 6.07) is 7.63. The predicted octanol–water partition coefficient (Wildman–Crippen LogP) is 3.97. The number of nitrogens with one attached hydrogen (secondary N) is 1. The van der Waals surface area contributed by atoms with Crippen LogP contribution in [0.3, 0.4) is 0 Å². The number of nitrogen functional groups attached to an aromatic ring is 1. The summed E-state index contributed by atoms with van der Waals surface area (Å²) >= 11 is 12.1. The number of pyridine rings is 1. The molecule has 1 aromatic carbocycles. The van der Waals surface area contributed by atoms with Crippen molar-refractivity contribution in [3.8, 4) is 0 Å². The largest absolute Gasteiger partial charge is 0.325 e. The molecule has 0 atom stereocenters. The molecule has 2 rings (SSSR count). The molecule has 0 bridgehead atoms. The van der Waals surface area contributed by atoms with E-state index in [4.69, 9.17) is 29.0 Å². The minimum Gasteiger partial charge on any atom is -0.325 e. The molecule has 106 valence electrons. The number of hydrogen-bond acceptors (Lipinski definition) is 4. The third-order valence-corrected chi connectivity index (χ3v) is 3.32. The molecule has 0 unspecified atom stereocenters. The topological polar surface area (TPSA) is 54.2 Å². The van der Waals surface area contributed by atoms with Gasteiger partial charge in [-0.1, -0.05) is 23.2 Å². The van der Waals surface area contributed by atoms with Crippen LogP contribution in [0, 0.1) is 5.82 Å². The zero-order valence-electron chi connectivity index (χ0n) is 10.7. The first-order valence-electron chi connectivity index (χ1n) is 5.92. The maximum atomic E-state index is 13.0. The zero-order valence-corrected chi connectivity index (χ0v) is 12.2. The van der Waals surface area contributed by atoms with Crippen LogP contribution in [0.2, 0.25) is 10.0 Å². The fourth-order valence-electron chi connectivity index (χ4n) is 1.82. The molecule has 7 heteroatoms. The molecule has 0 amide bonds. The average Bonchev–Trinajstić information content (AvgIpc) is 2.43. The lowest BCUT2D eigenvalue weighted by Crippen LogP contribution is -2.19. The fraction of sp³-hybridized carbons (Fsp3) is 0.154. The van der Waals surface area contributed by atoms with E-state index in [1.165, 1.54) is 12.1 Å². The number of hydrazine groups is 1. The highest BCUT2D eigenvalue weighted by Crippen LogP contribution is 2.34. The Balaban J connectivity index is 2.48. The van der Waals surface area contributed by atoms with Gasteiger partial charge in [-0.3, -0.25) is 0 Å². The molecule has 0 fully saturated rings. The number of anilines is 3. The number of hydrogen-bond donors (Lipinski definition) is 2. The van der Waals surface area contributed by atoms with Crippen molar-refractivity contribution in [2.24, 2.45) is 5.84 Å². The zero-order chi connectivity index (χ0) is 14.7. The quantitative estimate of drug-likeness (QED) is 0.662. The molecule has 3 N–H and O–H groups in total. The van der Waals surface area contributed by atoms with Crippen LogP contribution in [-0.2, 0) is 0 Å². The summed E-state index contributed by atoms with van der Waals surface area (Å²) in [5.41, 5.74) is 3.19. The summed E-state index contributed by atoms with van der Waals surface area (Å²) in [5.74, 6) is 5.88. The Morgan fingerprint density at radius 1 is 1.25 bits per heavy atom. The summed E-state index contributed by atoms with van der Waals surface area (Å²) in [6.45, 7) is 2.54. The van der Waals surface area contributed by atoms with Crippen molar-refractivity contribution in [2.75, 3.05) is 16.9 Å². The number of rotatable bonds is 4. The second-order valence-corrected chi connectivity index (χ2v) is 4.80. The van der Waals surface area contributed by atoms with E-state index in [0.717, 1.165) is 5.69 Å². The van der Waals surface area contributed by atoms with Crippen molar-refractivity contribution in [3.63, 3.8) is 0 Å². The first-order valence-corrected chi connectivity index (χ1v) is 6.68. The summed E-state index contributed by atoms with van der Waals surface area (Å²) in [6.07, 6.45) is 0. The van der Waals surface area contributed by atoms with E-state index in [1.807, 2.05) is 11.8 Å². The van der Waals surface area contributed by atoms with Crippen LogP contribution in [0.15, 0.2) is 30.3 Å². The lowest BCUT2D eigenvalue weighted by atomic mass is 10.2. The molecule has 0 aliphatic carbocycles. The Kier molecular flexibility index (Phi) is 4.65. The van der Waals surface area contributed by atoms with Crippen LogP contribution in [0.4, 0.5) is 21.7 Å². The number of benzene rings is 1. The van der Waals surface area contributed by atoms with Gasteiger partial charge in [0.1, 0.15) is 5.82 Å². The maximum absolute atomic E-state index is 13.0. The molecule has 0 spiro atoms. The molecule has 2 aromatic rings. The van der Waals surface area contributed by atoms with Crippen molar-refractivity contribution in [3.05, 3.63) is 46.2 Å². The Morgan fingerprint density at radius 3 is 2.45 bits per heavy atom. The highest BCUT2D eigenvalue weighted by molar-refractivity contribution is 6.37. The molecule has 0 aliphatic rings. The van der Waals surface area contributed by atoms with Gasteiger partial charge < -0.3 is 10.3 Å². The van der Waals surface area contributed by atoms with Crippen molar-refractivity contribution in [2.45, 2.75) is 6.92 Å². The Labute approximate surface area is 126 Å². The highest BCUT2D eigenvalue weighted by atomic mass is 35.5. The summed E-state index contributed by atoms with van der Waals surface area (Å²) < 4.78 is 13.0. The van der Waals surface area contributed by atoms with Crippen molar-refractivity contribution < 1.29 is 4.39 Å². The van der Waals surface area contributed by atoms with Gasteiger partial charge in [-0.2, -0.15) is 0 Å². The van der Waals surface area contributed by atoms with E-state index in [0.29, 0.717) is 28.2 Å². The first-order chi connectivity index (χ1) is 9.56. The van der Waals surface area contributed by atoms with Gasteiger partial charge in [0, 0.05) is 12.2 Å². The van der Waals surface area contributed by atoms with Crippen LogP contribution >= 0.6 is 23.2 Å². The Bertz CT molecular complexity index is 604. The van der Waals surface area contributed by atoms with Gasteiger partial charge in [0.15, 0.2) is 11.6 Å². The number of halogens is 3. The second kappa shape index (κ2) is 6.26. The van der Waals surface area contributed by atoms with E-state index in [9.17, 15) is 4.39 Å². The molecular formula is C13H13Cl2FN4. The van der Waals surface area contributed by atoms with E-state index in [-0.39, 0.29) is 5.82 Å². The minimum atomic E-state index is -0.302. The van der Waals surface area contributed by atoms with E-state index in [2.05, 4.69) is 10.4 Å². The van der Waals surface area contributed by atoms with Gasteiger partial charge in [-0.15, -0.1) is 0 Å². The summed E-state index contributed by atoms with van der Waals surface area (Å²) in [5, 5.41) is 0.719. The fourth-order valence-corrected chi connectivity index (χ4v) is 2.34. The lowest BCUT2D eigenvalue weighted by Gasteiger charge is -2.24. The molecule has 1 aromatic heterocycles. The smallest absolute Gasteiger partial charge is 0.161 e. The highest BCUT2D eigenvalue weighted by Gasteiger charge is 2.16. The van der Waals surface area contributed by atoms with Gasteiger partial charge in [-0.05, 0) is 37.3 Å². The predicted molar refractivity (Wildman–Crippen MR) is 81.1 cm³/mol. The number of nitrogens with two attached hydrogens (primary N) is 1. The van der Waals surface area contributed by atoms with Crippen LogP contribution < -0.4 is 16.2 Å². The normalized spacial score (nSPS) is 10.4. The lowest BCUT2D eigenvalue weighted by molar-refractivity contribution is 0.628.